The van der Waals surface area contributed by atoms with Gasteiger partial charge in [0.25, 0.3) is 17.7 Å². The fourth-order valence-corrected chi connectivity index (χ4v) is 2.43. The highest BCUT2D eigenvalue weighted by Crippen LogP contribution is 2.27. The first kappa shape index (κ1) is 15.2. The summed E-state index contributed by atoms with van der Waals surface area (Å²) in [7, 11) is 2.81. The van der Waals surface area contributed by atoms with Crippen molar-refractivity contribution < 1.29 is 19.2 Å². The molecule has 1 aromatic rings. The Morgan fingerprint density at radius 3 is 2.00 bits per heavy atom. The molecule has 1 heterocycles. The number of likely N-dealkylation sites (N-methyl/N-ethyl adjacent to an activating group) is 1. The van der Waals surface area contributed by atoms with Gasteiger partial charge in [-0.25, -0.2) is 5.06 Å². The molecule has 0 aromatic heterocycles. The number of hydroxylamine groups is 2. The van der Waals surface area contributed by atoms with Gasteiger partial charge in [0, 0.05) is 7.05 Å². The van der Waals surface area contributed by atoms with Gasteiger partial charge in [0.15, 0.2) is 0 Å². The molecule has 3 amide bonds. The van der Waals surface area contributed by atoms with Crippen molar-refractivity contribution in [3.8, 4) is 0 Å². The quantitative estimate of drug-likeness (QED) is 0.619. The number of rotatable bonds is 4. The number of hydrogen-bond acceptors (Lipinski definition) is 4. The van der Waals surface area contributed by atoms with E-state index in [4.69, 9.17) is 4.84 Å². The average molecular weight is 290 g/mol. The van der Waals surface area contributed by atoms with Gasteiger partial charge in [0.2, 0.25) is 0 Å². The van der Waals surface area contributed by atoms with Crippen LogP contribution in [0.25, 0.3) is 0 Å². The molecule has 2 rings (SSSR count). The Morgan fingerprint density at radius 2 is 1.62 bits per heavy atom. The van der Waals surface area contributed by atoms with Crippen LogP contribution < -0.4 is 0 Å². The molecule has 0 bridgehead atoms. The number of fused-ring (bicyclic) bond motifs is 1. The van der Waals surface area contributed by atoms with Crippen LogP contribution in [0.3, 0.4) is 0 Å². The van der Waals surface area contributed by atoms with Crippen LogP contribution in [0.15, 0.2) is 24.3 Å². The predicted octanol–water partition coefficient (Wildman–Crippen LogP) is 1.33. The lowest BCUT2D eigenvalue weighted by Crippen LogP contribution is -2.52. The smallest absolute Gasteiger partial charge is 0.269 e. The molecule has 6 heteroatoms. The maximum atomic E-state index is 12.5. The van der Waals surface area contributed by atoms with Gasteiger partial charge in [0.1, 0.15) is 6.04 Å². The maximum Gasteiger partial charge on any atom is 0.269 e. The van der Waals surface area contributed by atoms with Crippen LogP contribution in [0, 0.1) is 5.92 Å². The summed E-state index contributed by atoms with van der Waals surface area (Å²) < 4.78 is 0. The fourth-order valence-electron chi connectivity index (χ4n) is 2.43. The van der Waals surface area contributed by atoms with E-state index in [0.29, 0.717) is 11.1 Å². The van der Waals surface area contributed by atoms with Crippen molar-refractivity contribution in [3.63, 3.8) is 0 Å². The third-order valence-electron chi connectivity index (χ3n) is 3.57. The number of nitrogens with zero attached hydrogens (tertiary/aromatic N) is 2. The molecule has 1 aromatic carbocycles. The van der Waals surface area contributed by atoms with Crippen LogP contribution in [0.1, 0.15) is 34.6 Å². The van der Waals surface area contributed by atoms with E-state index in [9.17, 15) is 14.4 Å². The molecule has 1 aliphatic rings. The van der Waals surface area contributed by atoms with Gasteiger partial charge in [-0.05, 0) is 18.1 Å². The summed E-state index contributed by atoms with van der Waals surface area (Å²) in [5.74, 6) is -1.53. The highest BCUT2D eigenvalue weighted by Gasteiger charge is 2.44. The van der Waals surface area contributed by atoms with Gasteiger partial charge < -0.3 is 0 Å². The third kappa shape index (κ3) is 2.42. The minimum atomic E-state index is -0.887. The number of carbonyl (C=O) groups excluding carboxylic acids is 3. The molecule has 1 aliphatic heterocycles. The summed E-state index contributed by atoms with van der Waals surface area (Å²) in [6, 6.07) is 5.69. The van der Waals surface area contributed by atoms with Crippen LogP contribution in [-0.2, 0) is 9.63 Å². The molecule has 1 unspecified atom stereocenters. The summed E-state index contributed by atoms with van der Waals surface area (Å²) in [6.45, 7) is 3.57. The van der Waals surface area contributed by atoms with Gasteiger partial charge in [-0.2, -0.15) is 0 Å². The number of hydrogen-bond donors (Lipinski definition) is 0. The second kappa shape index (κ2) is 5.65. The highest BCUT2D eigenvalue weighted by molar-refractivity contribution is 6.22. The van der Waals surface area contributed by atoms with Crippen molar-refractivity contribution in [1.82, 2.24) is 9.96 Å². The average Bonchev–Trinajstić information content (AvgIpc) is 2.72. The summed E-state index contributed by atoms with van der Waals surface area (Å²) in [4.78, 5) is 43.2. The Bertz CT molecular complexity index is 562. The normalized spacial score (nSPS) is 15.4. The van der Waals surface area contributed by atoms with Gasteiger partial charge >= 0.3 is 0 Å². The second-order valence-corrected chi connectivity index (χ2v) is 5.23. The number of carbonyl (C=O) groups is 3. The van der Waals surface area contributed by atoms with Crippen LogP contribution in [0.5, 0.6) is 0 Å². The van der Waals surface area contributed by atoms with Crippen LogP contribution in [0.4, 0.5) is 0 Å². The van der Waals surface area contributed by atoms with E-state index in [1.807, 2.05) is 0 Å². The fraction of sp³-hybridized carbons (Fsp3) is 0.400. The van der Waals surface area contributed by atoms with E-state index in [0.717, 1.165) is 9.96 Å². The Balaban J connectivity index is 2.42. The van der Waals surface area contributed by atoms with E-state index in [1.165, 1.54) is 14.2 Å². The summed E-state index contributed by atoms with van der Waals surface area (Å²) in [5, 5.41) is 1.04. The molecular weight excluding hydrogens is 272 g/mol. The Labute approximate surface area is 123 Å². The van der Waals surface area contributed by atoms with E-state index >= 15 is 0 Å². The molecule has 0 fully saturated rings. The lowest BCUT2D eigenvalue weighted by molar-refractivity contribution is -0.174. The van der Waals surface area contributed by atoms with E-state index in [2.05, 4.69) is 0 Å². The minimum Gasteiger partial charge on any atom is -0.274 e. The molecule has 0 radical (unpaired) electrons. The minimum absolute atomic E-state index is 0.225. The predicted molar refractivity (Wildman–Crippen MR) is 75.3 cm³/mol. The molecule has 112 valence electrons. The number of benzene rings is 1. The lowest BCUT2D eigenvalue weighted by atomic mass is 10.0. The molecule has 0 N–H and O–H groups in total. The molecule has 21 heavy (non-hydrogen) atoms. The molecular formula is C15H18N2O4. The first-order valence-corrected chi connectivity index (χ1v) is 6.68. The van der Waals surface area contributed by atoms with Crippen molar-refractivity contribution >= 4 is 17.7 Å². The van der Waals surface area contributed by atoms with E-state index in [1.54, 1.807) is 38.1 Å². The molecule has 0 spiro atoms. The largest absolute Gasteiger partial charge is 0.274 e. The van der Waals surface area contributed by atoms with E-state index in [-0.39, 0.29) is 5.92 Å². The molecule has 0 saturated heterocycles. The first-order chi connectivity index (χ1) is 9.90. The second-order valence-electron chi connectivity index (χ2n) is 5.23. The number of imide groups is 1. The van der Waals surface area contributed by atoms with Crippen molar-refractivity contribution in [3.05, 3.63) is 35.4 Å². The molecule has 0 aliphatic carbocycles. The zero-order valence-corrected chi connectivity index (χ0v) is 12.5. The molecule has 0 saturated carbocycles. The first-order valence-electron chi connectivity index (χ1n) is 6.68. The van der Waals surface area contributed by atoms with Crippen LogP contribution in [0.2, 0.25) is 0 Å². The lowest BCUT2D eigenvalue weighted by Gasteiger charge is -2.30. The number of amides is 3. The van der Waals surface area contributed by atoms with Gasteiger partial charge in [-0.1, -0.05) is 26.0 Å². The Kier molecular flexibility index (Phi) is 4.09. The van der Waals surface area contributed by atoms with Gasteiger partial charge in [0.05, 0.1) is 18.2 Å². The maximum absolute atomic E-state index is 12.5. The van der Waals surface area contributed by atoms with Gasteiger partial charge in [-0.15, -0.1) is 0 Å². The molecule has 1 atom stereocenters. The van der Waals surface area contributed by atoms with Crippen molar-refractivity contribution in [1.29, 1.82) is 0 Å². The third-order valence-corrected chi connectivity index (χ3v) is 3.57. The SMILES string of the molecule is CON(C)C(=O)C(C(C)C)N1C(=O)c2ccccc2C1=O. The summed E-state index contributed by atoms with van der Waals surface area (Å²) in [5.41, 5.74) is 0.669. The van der Waals surface area contributed by atoms with Crippen LogP contribution >= 0.6 is 0 Å². The van der Waals surface area contributed by atoms with E-state index < -0.39 is 23.8 Å². The van der Waals surface area contributed by atoms with Crippen molar-refractivity contribution in [2.45, 2.75) is 19.9 Å². The van der Waals surface area contributed by atoms with Crippen molar-refractivity contribution in [2.24, 2.45) is 5.92 Å². The monoisotopic (exact) mass is 290 g/mol. The summed E-state index contributed by atoms with van der Waals surface area (Å²) in [6.07, 6.45) is 0. The van der Waals surface area contributed by atoms with Crippen LogP contribution in [-0.4, -0.2) is 47.9 Å². The summed E-state index contributed by atoms with van der Waals surface area (Å²) >= 11 is 0. The highest BCUT2D eigenvalue weighted by atomic mass is 16.7. The Morgan fingerprint density at radius 1 is 1.14 bits per heavy atom. The Hall–Kier alpha value is -2.21. The van der Waals surface area contributed by atoms with Gasteiger partial charge in [-0.3, -0.25) is 24.1 Å². The van der Waals surface area contributed by atoms with Crippen molar-refractivity contribution in [2.75, 3.05) is 14.2 Å². The molecule has 6 nitrogen and oxygen atoms in total. The topological polar surface area (TPSA) is 66.9 Å². The zero-order valence-electron chi connectivity index (χ0n) is 12.5. The standard InChI is InChI=1S/C15H18N2O4/c1-9(2)12(15(20)16(3)21-4)17-13(18)10-7-5-6-8-11(10)14(17)19/h5-9,12H,1-4H3. The zero-order chi connectivity index (χ0) is 15.7.